The van der Waals surface area contributed by atoms with E-state index in [2.05, 4.69) is 35.3 Å². The van der Waals surface area contributed by atoms with E-state index in [9.17, 15) is 18.5 Å². The summed E-state index contributed by atoms with van der Waals surface area (Å²) in [5.74, 6) is 0.771. The molecule has 9 nitrogen and oxygen atoms in total. The molecule has 1 aromatic carbocycles. The molecule has 0 bridgehead atoms. The highest BCUT2D eigenvalue weighted by Gasteiger charge is 2.37. The Bertz CT molecular complexity index is 1430. The highest BCUT2D eigenvalue weighted by atomic mass is 32.2. The maximum absolute atomic E-state index is 13.0. The molecule has 5 rings (SSSR count). The minimum absolute atomic E-state index is 0.0224. The fourth-order valence-electron chi connectivity index (χ4n) is 4.73. The van der Waals surface area contributed by atoms with E-state index in [1.165, 1.54) is 4.31 Å². The van der Waals surface area contributed by atoms with Gasteiger partial charge in [-0.05, 0) is 60.9 Å². The van der Waals surface area contributed by atoms with Gasteiger partial charge in [0.05, 0.1) is 28.9 Å². The number of nitrogens with one attached hydrogen (secondary N) is 2. The summed E-state index contributed by atoms with van der Waals surface area (Å²) in [5.41, 5.74) is 1.01. The topological polar surface area (TPSA) is 124 Å². The first kappa shape index (κ1) is 22.6. The molecule has 2 N–H and O–H groups in total. The molecule has 0 amide bonds. The van der Waals surface area contributed by atoms with E-state index in [1.54, 1.807) is 41.2 Å². The molecule has 1 aliphatic carbocycles. The van der Waals surface area contributed by atoms with E-state index < -0.39 is 10.0 Å². The van der Waals surface area contributed by atoms with Crippen LogP contribution in [0.1, 0.15) is 45.6 Å². The number of fused-ring (bicyclic) bond motifs is 1. The second-order valence-electron chi connectivity index (χ2n) is 10.0. The van der Waals surface area contributed by atoms with Crippen molar-refractivity contribution in [1.29, 1.82) is 5.26 Å². The van der Waals surface area contributed by atoms with Crippen LogP contribution in [0.2, 0.25) is 0 Å². The minimum Gasteiger partial charge on any atom is -0.338 e. The van der Waals surface area contributed by atoms with Crippen molar-refractivity contribution >= 4 is 32.4 Å². The van der Waals surface area contributed by atoms with Crippen LogP contribution in [0, 0.1) is 22.7 Å². The third-order valence-corrected chi connectivity index (χ3v) is 8.67. The van der Waals surface area contributed by atoms with Crippen LogP contribution in [-0.2, 0) is 10.0 Å². The third-order valence-electron chi connectivity index (χ3n) is 6.81. The fraction of sp³-hybridized carbons (Fsp3) is 0.458. The predicted molar refractivity (Wildman–Crippen MR) is 129 cm³/mol. The SMILES string of the molecule is CC1(C)CCN(S(=O)(=O)c2ccc(Nc3nn(C(CC#N)C4CC4)c4cc[nH]c(=O)c34)cc2)C1. The van der Waals surface area contributed by atoms with Crippen molar-refractivity contribution in [1.82, 2.24) is 19.1 Å². The van der Waals surface area contributed by atoms with E-state index in [0.29, 0.717) is 47.8 Å². The van der Waals surface area contributed by atoms with Crippen LogP contribution in [0.3, 0.4) is 0 Å². The van der Waals surface area contributed by atoms with Crippen molar-refractivity contribution in [3.05, 3.63) is 46.9 Å². The number of rotatable bonds is 7. The van der Waals surface area contributed by atoms with E-state index in [0.717, 1.165) is 19.3 Å². The van der Waals surface area contributed by atoms with E-state index in [-0.39, 0.29) is 21.9 Å². The molecular weight excluding hydrogens is 452 g/mol. The van der Waals surface area contributed by atoms with Crippen LogP contribution in [0.15, 0.2) is 46.2 Å². The van der Waals surface area contributed by atoms with Gasteiger partial charge < -0.3 is 10.3 Å². The average Bonchev–Trinajstić information content (AvgIpc) is 3.48. The molecule has 1 saturated heterocycles. The average molecular weight is 481 g/mol. The van der Waals surface area contributed by atoms with Gasteiger partial charge >= 0.3 is 0 Å². The number of nitriles is 1. The van der Waals surface area contributed by atoms with Crippen molar-refractivity contribution in [3.8, 4) is 6.07 Å². The van der Waals surface area contributed by atoms with E-state index >= 15 is 0 Å². The van der Waals surface area contributed by atoms with Gasteiger partial charge in [-0.25, -0.2) is 8.42 Å². The molecule has 0 spiro atoms. The first-order chi connectivity index (χ1) is 16.2. The lowest BCUT2D eigenvalue weighted by atomic mass is 9.93. The van der Waals surface area contributed by atoms with Gasteiger partial charge in [0, 0.05) is 25.0 Å². The lowest BCUT2D eigenvalue weighted by Gasteiger charge is -2.19. The summed E-state index contributed by atoms with van der Waals surface area (Å²) in [4.78, 5) is 15.6. The standard InChI is InChI=1S/C24H28N6O3S/c1-24(2)11-14-29(15-24)34(32,33)18-7-5-17(6-8-18)27-22-21-20(10-13-26-23(21)31)30(28-22)19(9-12-25)16-3-4-16/h5-8,10,13,16,19H,3-4,9,11,14-15H2,1-2H3,(H,26,31)(H,27,28). The number of nitrogens with zero attached hydrogens (tertiary/aromatic N) is 4. The highest BCUT2D eigenvalue weighted by Crippen LogP contribution is 2.43. The van der Waals surface area contributed by atoms with Crippen molar-refractivity contribution in [2.24, 2.45) is 11.3 Å². The maximum atomic E-state index is 13.0. The number of H-pyrrole nitrogens is 1. The van der Waals surface area contributed by atoms with Gasteiger partial charge in [-0.15, -0.1) is 0 Å². The van der Waals surface area contributed by atoms with Crippen LogP contribution < -0.4 is 10.9 Å². The first-order valence-electron chi connectivity index (χ1n) is 11.5. The minimum atomic E-state index is -3.56. The third kappa shape index (κ3) is 4.10. The number of aromatic amines is 1. The second kappa shape index (κ2) is 8.25. The van der Waals surface area contributed by atoms with Gasteiger partial charge in [-0.1, -0.05) is 13.8 Å². The molecule has 1 saturated carbocycles. The summed E-state index contributed by atoms with van der Waals surface area (Å²) in [6, 6.07) is 10.5. The number of benzene rings is 1. The van der Waals surface area contributed by atoms with Gasteiger partial charge in [-0.3, -0.25) is 9.48 Å². The Kier molecular flexibility index (Phi) is 5.49. The maximum Gasteiger partial charge on any atom is 0.261 e. The zero-order chi connectivity index (χ0) is 24.1. The molecule has 2 aromatic heterocycles. The summed E-state index contributed by atoms with van der Waals surface area (Å²) in [6.45, 7) is 5.18. The Morgan fingerprint density at radius 1 is 1.26 bits per heavy atom. The van der Waals surface area contributed by atoms with Gasteiger partial charge in [0.25, 0.3) is 5.56 Å². The van der Waals surface area contributed by atoms with Gasteiger partial charge in [0.2, 0.25) is 10.0 Å². The fourth-order valence-corrected chi connectivity index (χ4v) is 6.36. The summed E-state index contributed by atoms with van der Waals surface area (Å²) >= 11 is 0. The van der Waals surface area contributed by atoms with Gasteiger partial charge in [0.15, 0.2) is 5.82 Å². The molecule has 178 valence electrons. The zero-order valence-electron chi connectivity index (χ0n) is 19.3. The predicted octanol–water partition coefficient (Wildman–Crippen LogP) is 3.75. The molecule has 1 aliphatic heterocycles. The molecule has 34 heavy (non-hydrogen) atoms. The molecule has 0 radical (unpaired) electrons. The largest absolute Gasteiger partial charge is 0.338 e. The van der Waals surface area contributed by atoms with Crippen molar-refractivity contribution < 1.29 is 8.42 Å². The number of sulfonamides is 1. The van der Waals surface area contributed by atoms with E-state index in [1.807, 2.05) is 0 Å². The summed E-state index contributed by atoms with van der Waals surface area (Å²) in [7, 11) is -3.56. The van der Waals surface area contributed by atoms with Crippen molar-refractivity contribution in [2.75, 3.05) is 18.4 Å². The normalized spacial score (nSPS) is 19.2. The van der Waals surface area contributed by atoms with Gasteiger partial charge in [0.1, 0.15) is 5.39 Å². The zero-order valence-corrected chi connectivity index (χ0v) is 20.1. The molecule has 2 fully saturated rings. The molecule has 3 aromatic rings. The quantitative estimate of drug-likeness (QED) is 0.531. The van der Waals surface area contributed by atoms with Crippen LogP contribution >= 0.6 is 0 Å². The molecule has 3 heterocycles. The molecule has 1 atom stereocenters. The Morgan fingerprint density at radius 2 is 2.00 bits per heavy atom. The first-order valence-corrected chi connectivity index (χ1v) is 13.0. The number of pyridine rings is 1. The number of hydrogen-bond donors (Lipinski definition) is 2. The monoisotopic (exact) mass is 480 g/mol. The number of anilines is 2. The Labute approximate surface area is 198 Å². The van der Waals surface area contributed by atoms with Gasteiger partial charge in [-0.2, -0.15) is 14.7 Å². The van der Waals surface area contributed by atoms with Crippen LogP contribution in [0.25, 0.3) is 10.9 Å². The van der Waals surface area contributed by atoms with E-state index in [4.69, 9.17) is 0 Å². The second-order valence-corrected chi connectivity index (χ2v) is 12.0. The Balaban J connectivity index is 1.45. The lowest BCUT2D eigenvalue weighted by molar-refractivity contribution is 0.375. The van der Waals surface area contributed by atoms with Crippen molar-refractivity contribution in [2.45, 2.75) is 50.5 Å². The number of aromatic nitrogens is 3. The van der Waals surface area contributed by atoms with Crippen molar-refractivity contribution in [3.63, 3.8) is 0 Å². The van der Waals surface area contributed by atoms with Crippen LogP contribution in [0.4, 0.5) is 11.5 Å². The van der Waals surface area contributed by atoms with Crippen LogP contribution in [0.5, 0.6) is 0 Å². The Morgan fingerprint density at radius 3 is 2.62 bits per heavy atom. The highest BCUT2D eigenvalue weighted by molar-refractivity contribution is 7.89. The Hall–Kier alpha value is -3.16. The molecule has 1 unspecified atom stereocenters. The molecular formula is C24H28N6O3S. The number of hydrogen-bond acceptors (Lipinski definition) is 6. The summed E-state index contributed by atoms with van der Waals surface area (Å²) < 4.78 is 29.4. The van der Waals surface area contributed by atoms with Crippen LogP contribution in [-0.4, -0.2) is 40.6 Å². The lowest BCUT2D eigenvalue weighted by Crippen LogP contribution is -2.30. The summed E-state index contributed by atoms with van der Waals surface area (Å²) in [6.07, 6.45) is 4.84. The molecule has 2 aliphatic rings. The smallest absolute Gasteiger partial charge is 0.261 e. The molecule has 10 heteroatoms. The summed E-state index contributed by atoms with van der Waals surface area (Å²) in [5, 5.41) is 17.6.